The topological polar surface area (TPSA) is 93.1 Å². The van der Waals surface area contributed by atoms with Crippen molar-refractivity contribution in [3.63, 3.8) is 0 Å². The van der Waals surface area contributed by atoms with Crippen molar-refractivity contribution in [2.45, 2.75) is 38.1 Å². The van der Waals surface area contributed by atoms with Crippen LogP contribution in [0.15, 0.2) is 30.7 Å². The van der Waals surface area contributed by atoms with Crippen LogP contribution in [-0.2, 0) is 0 Å². The minimum absolute atomic E-state index is 0.0338. The van der Waals surface area contributed by atoms with Crippen molar-refractivity contribution >= 4 is 16.9 Å². The van der Waals surface area contributed by atoms with Crippen LogP contribution < -0.4 is 5.73 Å². The number of nitrogens with zero attached hydrogens (tertiary/aromatic N) is 5. The summed E-state index contributed by atoms with van der Waals surface area (Å²) in [5, 5.41) is 11.2. The van der Waals surface area contributed by atoms with Crippen LogP contribution >= 0.6 is 0 Å². The van der Waals surface area contributed by atoms with Gasteiger partial charge in [-0.2, -0.15) is 4.98 Å². The van der Waals surface area contributed by atoms with Gasteiger partial charge in [0.05, 0.1) is 5.52 Å². The van der Waals surface area contributed by atoms with Crippen molar-refractivity contribution in [3.05, 3.63) is 42.0 Å². The van der Waals surface area contributed by atoms with E-state index >= 15 is 0 Å². The van der Waals surface area contributed by atoms with Crippen LogP contribution in [0.4, 0.5) is 5.95 Å². The highest BCUT2D eigenvalue weighted by molar-refractivity contribution is 5.86. The summed E-state index contributed by atoms with van der Waals surface area (Å²) < 4.78 is 69.8. The monoisotopic (exact) mass is 399 g/mol. The number of pyridine rings is 1. The number of aliphatic hydroxyl groups is 1. The number of fused-ring (bicyclic) bond motifs is 1. The van der Waals surface area contributed by atoms with Crippen LogP contribution in [0.5, 0.6) is 0 Å². The van der Waals surface area contributed by atoms with Gasteiger partial charge < -0.3 is 20.3 Å². The Balaban J connectivity index is 1.81. The molecule has 1 fully saturated rings. The van der Waals surface area contributed by atoms with E-state index in [-0.39, 0.29) is 17.6 Å². The van der Waals surface area contributed by atoms with Crippen molar-refractivity contribution in [1.82, 2.24) is 24.4 Å². The second-order valence-corrected chi connectivity index (χ2v) is 7.04. The van der Waals surface area contributed by atoms with E-state index in [1.807, 2.05) is 12.1 Å². The lowest BCUT2D eigenvalue weighted by atomic mass is 9.90. The van der Waals surface area contributed by atoms with Crippen molar-refractivity contribution < 1.29 is 17.4 Å². The summed E-state index contributed by atoms with van der Waals surface area (Å²) in [6.45, 7) is -7.93. The minimum Gasteiger partial charge on any atom is -0.378 e. The molecular weight excluding hydrogens is 364 g/mol. The van der Waals surface area contributed by atoms with Gasteiger partial charge in [0.2, 0.25) is 5.95 Å². The minimum atomic E-state index is -3.29. The van der Waals surface area contributed by atoms with Gasteiger partial charge in [-0.05, 0) is 76.1 Å². The van der Waals surface area contributed by atoms with Gasteiger partial charge in [-0.1, -0.05) is 5.92 Å². The summed E-state index contributed by atoms with van der Waals surface area (Å²) in [5.74, 6) is 4.97. The number of likely N-dealkylation sites (tertiary alicyclic amines) is 1. The van der Waals surface area contributed by atoms with Crippen molar-refractivity contribution in [3.8, 4) is 17.7 Å². The molecule has 150 valence electrons. The van der Waals surface area contributed by atoms with E-state index < -0.39 is 26.3 Å². The molecule has 0 unspecified atom stereocenters. The molecule has 3 aromatic rings. The molecule has 0 amide bonds. The molecule has 0 spiro atoms. The molecule has 3 aromatic heterocycles. The summed E-state index contributed by atoms with van der Waals surface area (Å²) in [6, 6.07) is 3.19. The van der Waals surface area contributed by atoms with E-state index in [0.29, 0.717) is 37.3 Å². The first kappa shape index (κ1) is 11.3. The van der Waals surface area contributed by atoms with Gasteiger partial charge in [-0.3, -0.25) is 0 Å². The quantitative estimate of drug-likeness (QED) is 0.643. The summed E-state index contributed by atoms with van der Waals surface area (Å²) in [4.78, 5) is 14.0. The number of nitrogens with two attached hydrogens (primary N) is 1. The summed E-state index contributed by atoms with van der Waals surface area (Å²) in [7, 11) is 0. The molecule has 29 heavy (non-hydrogen) atoms. The molecule has 1 saturated heterocycles. The van der Waals surface area contributed by atoms with E-state index in [9.17, 15) is 5.11 Å². The van der Waals surface area contributed by atoms with Crippen LogP contribution in [0.25, 0.3) is 16.7 Å². The number of hydrogen-bond acceptors (Lipinski definition) is 6. The first-order valence-electron chi connectivity index (χ1n) is 13.6. The van der Waals surface area contributed by atoms with E-state index in [2.05, 4.69) is 20.9 Å². The summed E-state index contributed by atoms with van der Waals surface area (Å²) in [5.41, 5.74) is 4.08. The van der Waals surface area contributed by atoms with Gasteiger partial charge in [0.1, 0.15) is 17.1 Å². The van der Waals surface area contributed by atoms with Crippen LogP contribution in [-0.4, -0.2) is 55.2 Å². The van der Waals surface area contributed by atoms with E-state index in [0.717, 1.165) is 10.9 Å². The number of hydrogen-bond donors (Lipinski definition) is 2. The van der Waals surface area contributed by atoms with E-state index in [4.69, 9.17) is 18.1 Å². The Labute approximate surface area is 183 Å². The molecule has 0 aromatic carbocycles. The molecule has 0 bridgehead atoms. The van der Waals surface area contributed by atoms with Crippen LogP contribution in [0, 0.1) is 11.8 Å². The summed E-state index contributed by atoms with van der Waals surface area (Å²) >= 11 is 0. The Morgan fingerprint density at radius 3 is 2.86 bits per heavy atom. The molecule has 1 aliphatic heterocycles. The number of rotatable bonds is 2. The standard InChI is InChI=1S/C22H26N6O/c1-22(2,29)8-4-16-12-19-17(13-25-16)18(15-6-10-27(3)11-7-15)14-28(19)20-5-9-24-21(23)26-20/h5,9,12-15,29H,6-7,10-11H2,1-3H3,(H2,23,24,26)/i1D3,2D3,3D3. The zero-order valence-electron chi connectivity index (χ0n) is 24.6. The zero-order chi connectivity index (χ0) is 28.1. The van der Waals surface area contributed by atoms with E-state index in [1.54, 1.807) is 16.7 Å². The first-order valence-corrected chi connectivity index (χ1v) is 9.12. The fourth-order valence-electron chi connectivity index (χ4n) is 3.57. The van der Waals surface area contributed by atoms with Gasteiger partial charge in [-0.25, -0.2) is 9.97 Å². The molecule has 0 saturated carbocycles. The second kappa shape index (κ2) is 7.47. The fraction of sp³-hybridized carbons (Fsp3) is 0.409. The molecule has 3 N–H and O–H groups in total. The predicted octanol–water partition coefficient (Wildman–Crippen LogP) is 2.33. The lowest BCUT2D eigenvalue weighted by molar-refractivity contribution is 0.143. The number of anilines is 1. The molecule has 0 aliphatic carbocycles. The third-order valence-electron chi connectivity index (χ3n) is 4.93. The largest absolute Gasteiger partial charge is 0.378 e. The number of nitrogen functional groups attached to an aromatic ring is 1. The molecular formula is C22H26N6O. The molecule has 7 heteroatoms. The van der Waals surface area contributed by atoms with Gasteiger partial charge in [0.15, 0.2) is 0 Å². The molecule has 0 radical (unpaired) electrons. The average molecular weight is 400 g/mol. The van der Waals surface area contributed by atoms with Gasteiger partial charge >= 0.3 is 0 Å². The average Bonchev–Trinajstić information content (AvgIpc) is 3.19. The third-order valence-corrected chi connectivity index (χ3v) is 4.93. The van der Waals surface area contributed by atoms with Crippen molar-refractivity contribution in [1.29, 1.82) is 0 Å². The summed E-state index contributed by atoms with van der Waals surface area (Å²) in [6.07, 6.45) is 6.11. The van der Waals surface area contributed by atoms with E-state index in [1.165, 1.54) is 17.3 Å². The Morgan fingerprint density at radius 2 is 2.14 bits per heavy atom. The lowest BCUT2D eigenvalue weighted by Crippen LogP contribution is -2.29. The molecule has 7 nitrogen and oxygen atoms in total. The normalized spacial score (nSPS) is 21.9. The van der Waals surface area contributed by atoms with Crippen LogP contribution in [0.3, 0.4) is 0 Å². The first-order chi connectivity index (χ1) is 17.5. The van der Waals surface area contributed by atoms with Gasteiger partial charge in [-0.15, -0.1) is 0 Å². The smallest absolute Gasteiger partial charge is 0.221 e. The highest BCUT2D eigenvalue weighted by atomic mass is 16.3. The maximum Gasteiger partial charge on any atom is 0.221 e. The third kappa shape index (κ3) is 4.24. The van der Waals surface area contributed by atoms with Crippen molar-refractivity contribution in [2.75, 3.05) is 25.8 Å². The molecule has 4 heterocycles. The number of aromatic nitrogens is 4. The van der Waals surface area contributed by atoms with Crippen LogP contribution in [0.1, 0.15) is 56.1 Å². The zero-order valence-corrected chi connectivity index (χ0v) is 15.6. The predicted molar refractivity (Wildman–Crippen MR) is 114 cm³/mol. The van der Waals surface area contributed by atoms with Crippen LogP contribution in [0.2, 0.25) is 0 Å². The molecule has 0 atom stereocenters. The SMILES string of the molecule is [2H]C([2H])([2H])N1CCC(c2cn(-c3ccnc(N)n3)c3cc(C#CC(O)(C([2H])([2H])[2H])C([2H])([2H])[2H])ncc23)CC1. The Kier molecular flexibility index (Phi) is 2.91. The Hall–Kier alpha value is -2.95. The van der Waals surface area contributed by atoms with Crippen molar-refractivity contribution in [2.24, 2.45) is 0 Å². The van der Waals surface area contributed by atoms with Gasteiger partial charge in [0.25, 0.3) is 0 Å². The lowest BCUT2D eigenvalue weighted by Gasteiger charge is -2.28. The molecule has 4 rings (SSSR count). The Bertz CT molecular complexity index is 1380. The van der Waals surface area contributed by atoms with Gasteiger partial charge in [0, 0.05) is 36.3 Å². The highest BCUT2D eigenvalue weighted by Gasteiger charge is 2.23. The Morgan fingerprint density at radius 1 is 1.31 bits per heavy atom. The second-order valence-electron chi connectivity index (χ2n) is 7.04. The maximum atomic E-state index is 10.5. The highest BCUT2D eigenvalue weighted by Crippen LogP contribution is 2.35. The molecule has 1 aliphatic rings. The maximum absolute atomic E-state index is 10.5. The fourth-order valence-corrected chi connectivity index (χ4v) is 3.57. The number of piperidine rings is 1.